The predicted octanol–water partition coefficient (Wildman–Crippen LogP) is 4.16. The zero-order valence-electron chi connectivity index (χ0n) is 16.1. The molecule has 1 fully saturated rings. The normalized spacial score (nSPS) is 18.8. The van der Waals surface area contributed by atoms with Gasteiger partial charge in [0.15, 0.2) is 5.16 Å². The highest BCUT2D eigenvalue weighted by molar-refractivity contribution is 8.00. The third-order valence-electron chi connectivity index (χ3n) is 5.07. The molecule has 1 aromatic carbocycles. The van der Waals surface area contributed by atoms with Crippen LogP contribution in [0.25, 0.3) is 5.69 Å². The highest BCUT2D eigenvalue weighted by Gasteiger charge is 2.30. The van der Waals surface area contributed by atoms with Crippen LogP contribution in [0.3, 0.4) is 0 Å². The molecule has 2 aromatic rings. The Morgan fingerprint density at radius 3 is 2.85 bits per heavy atom. The summed E-state index contributed by atoms with van der Waals surface area (Å²) in [7, 11) is 0. The van der Waals surface area contributed by atoms with Crippen LogP contribution >= 0.6 is 11.8 Å². The number of aryl methyl sites for hydroxylation is 2. The summed E-state index contributed by atoms with van der Waals surface area (Å²) >= 11 is 1.50. The largest absolute Gasteiger partial charge is 0.339 e. The maximum absolute atomic E-state index is 13.0. The summed E-state index contributed by atoms with van der Waals surface area (Å²) in [5.74, 6) is 1.06. The molecule has 1 saturated heterocycles. The number of carbonyl (C=O) groups is 1. The molecule has 1 aromatic heterocycles. The zero-order valence-corrected chi connectivity index (χ0v) is 16.9. The second-order valence-corrected chi connectivity index (χ2v) is 8.36. The van der Waals surface area contributed by atoms with Gasteiger partial charge in [0.1, 0.15) is 5.82 Å². The van der Waals surface area contributed by atoms with Gasteiger partial charge in [-0.25, -0.2) is 0 Å². The quantitative estimate of drug-likeness (QED) is 0.740. The first kappa shape index (κ1) is 19.0. The summed E-state index contributed by atoms with van der Waals surface area (Å²) < 4.78 is 2.04. The molecule has 6 heteroatoms. The van der Waals surface area contributed by atoms with E-state index in [2.05, 4.69) is 47.1 Å². The lowest BCUT2D eigenvalue weighted by molar-refractivity contribution is -0.134. The average molecular weight is 373 g/mol. The van der Waals surface area contributed by atoms with E-state index >= 15 is 0 Å². The van der Waals surface area contributed by atoms with Crippen molar-refractivity contribution < 1.29 is 4.79 Å². The van der Waals surface area contributed by atoms with Gasteiger partial charge in [0.05, 0.1) is 5.25 Å². The number of thioether (sulfide) groups is 1. The third-order valence-corrected chi connectivity index (χ3v) is 6.10. The lowest BCUT2D eigenvalue weighted by Gasteiger charge is -2.36. The van der Waals surface area contributed by atoms with Crippen molar-refractivity contribution in [2.45, 2.75) is 69.8 Å². The van der Waals surface area contributed by atoms with Crippen molar-refractivity contribution in [3.8, 4) is 5.69 Å². The number of amides is 1. The van der Waals surface area contributed by atoms with Crippen LogP contribution in [-0.2, 0) is 4.79 Å². The molecular formula is C20H28N4OS. The molecule has 1 amide bonds. The van der Waals surface area contributed by atoms with E-state index in [-0.39, 0.29) is 11.2 Å². The molecule has 0 aliphatic carbocycles. The van der Waals surface area contributed by atoms with Crippen LogP contribution in [0.4, 0.5) is 0 Å². The van der Waals surface area contributed by atoms with E-state index in [0.717, 1.165) is 42.5 Å². The van der Waals surface area contributed by atoms with Crippen molar-refractivity contribution in [2.24, 2.45) is 0 Å². The maximum atomic E-state index is 13.0. The summed E-state index contributed by atoms with van der Waals surface area (Å²) in [6.07, 6.45) is 4.49. The summed E-state index contributed by atoms with van der Waals surface area (Å²) in [6.45, 7) is 9.06. The first-order valence-corrected chi connectivity index (χ1v) is 10.4. The van der Waals surface area contributed by atoms with Crippen LogP contribution in [0.15, 0.2) is 29.4 Å². The van der Waals surface area contributed by atoms with Gasteiger partial charge in [0, 0.05) is 18.3 Å². The lowest BCUT2D eigenvalue weighted by atomic mass is 10.00. The maximum Gasteiger partial charge on any atom is 0.236 e. The van der Waals surface area contributed by atoms with Gasteiger partial charge in [-0.1, -0.05) is 30.8 Å². The van der Waals surface area contributed by atoms with Gasteiger partial charge in [0.2, 0.25) is 5.91 Å². The predicted molar refractivity (Wildman–Crippen MR) is 106 cm³/mol. The van der Waals surface area contributed by atoms with E-state index in [0.29, 0.717) is 6.04 Å². The molecule has 0 spiro atoms. The Bertz CT molecular complexity index is 773. The van der Waals surface area contributed by atoms with Crippen molar-refractivity contribution in [3.63, 3.8) is 0 Å². The molecule has 2 heterocycles. The van der Waals surface area contributed by atoms with Gasteiger partial charge < -0.3 is 4.90 Å². The van der Waals surface area contributed by atoms with Gasteiger partial charge in [-0.15, -0.1) is 10.2 Å². The second kappa shape index (κ2) is 8.25. The Morgan fingerprint density at radius 1 is 1.31 bits per heavy atom. The SMILES string of the molecule is CCC1CCCCN1C(=O)C(C)Sc1nnc(C)n1-c1cccc(C)c1. The minimum absolute atomic E-state index is 0.172. The van der Waals surface area contributed by atoms with E-state index in [1.807, 2.05) is 24.5 Å². The molecule has 1 aliphatic rings. The highest BCUT2D eigenvalue weighted by Crippen LogP contribution is 2.29. The molecule has 3 rings (SSSR count). The zero-order chi connectivity index (χ0) is 18.7. The molecule has 140 valence electrons. The first-order valence-electron chi connectivity index (χ1n) is 9.47. The van der Waals surface area contributed by atoms with Crippen LogP contribution < -0.4 is 0 Å². The number of hydrogen-bond acceptors (Lipinski definition) is 4. The smallest absolute Gasteiger partial charge is 0.236 e. The Morgan fingerprint density at radius 2 is 2.12 bits per heavy atom. The Labute approximate surface area is 160 Å². The van der Waals surface area contributed by atoms with Gasteiger partial charge in [-0.05, 0) is 64.2 Å². The number of benzene rings is 1. The van der Waals surface area contributed by atoms with E-state index in [9.17, 15) is 4.79 Å². The third kappa shape index (κ3) is 3.95. The summed E-state index contributed by atoms with van der Waals surface area (Å²) in [6, 6.07) is 8.66. The molecule has 0 saturated carbocycles. The highest BCUT2D eigenvalue weighted by atomic mass is 32.2. The molecule has 5 nitrogen and oxygen atoms in total. The molecule has 0 bridgehead atoms. The molecule has 2 atom stereocenters. The van der Waals surface area contributed by atoms with E-state index in [4.69, 9.17) is 0 Å². The van der Waals surface area contributed by atoms with Crippen LogP contribution in [0, 0.1) is 13.8 Å². The van der Waals surface area contributed by atoms with Gasteiger partial charge in [-0.2, -0.15) is 0 Å². The Hall–Kier alpha value is -1.82. The van der Waals surface area contributed by atoms with Gasteiger partial charge in [-0.3, -0.25) is 9.36 Å². The van der Waals surface area contributed by atoms with Crippen molar-refractivity contribution in [2.75, 3.05) is 6.54 Å². The van der Waals surface area contributed by atoms with Gasteiger partial charge in [0.25, 0.3) is 0 Å². The van der Waals surface area contributed by atoms with Crippen molar-refractivity contribution in [3.05, 3.63) is 35.7 Å². The fraction of sp³-hybridized carbons (Fsp3) is 0.550. The Balaban J connectivity index is 1.80. The van der Waals surface area contributed by atoms with Crippen LogP contribution in [0.2, 0.25) is 0 Å². The number of aromatic nitrogens is 3. The van der Waals surface area contributed by atoms with Gasteiger partial charge >= 0.3 is 0 Å². The lowest BCUT2D eigenvalue weighted by Crippen LogP contribution is -2.46. The molecule has 1 aliphatic heterocycles. The van der Waals surface area contributed by atoms with Crippen molar-refractivity contribution >= 4 is 17.7 Å². The fourth-order valence-corrected chi connectivity index (χ4v) is 4.62. The minimum Gasteiger partial charge on any atom is -0.339 e. The number of carbonyl (C=O) groups excluding carboxylic acids is 1. The Kier molecular flexibility index (Phi) is 6.01. The summed E-state index contributed by atoms with van der Waals surface area (Å²) in [5.41, 5.74) is 2.23. The molecule has 26 heavy (non-hydrogen) atoms. The molecule has 0 N–H and O–H groups in total. The summed E-state index contributed by atoms with van der Waals surface area (Å²) in [4.78, 5) is 15.1. The molecule has 0 radical (unpaired) electrons. The van der Waals surface area contributed by atoms with E-state index < -0.39 is 0 Å². The standard InChI is InChI=1S/C20H28N4OS/c1-5-17-10-6-7-12-23(17)19(25)15(3)26-20-22-21-16(4)24(20)18-11-8-9-14(2)13-18/h8-9,11,13,15,17H,5-7,10,12H2,1-4H3. The average Bonchev–Trinajstić information content (AvgIpc) is 3.01. The minimum atomic E-state index is -0.172. The number of nitrogens with zero attached hydrogens (tertiary/aromatic N) is 4. The van der Waals surface area contributed by atoms with Crippen LogP contribution in [0.5, 0.6) is 0 Å². The van der Waals surface area contributed by atoms with Crippen LogP contribution in [0.1, 0.15) is 50.9 Å². The van der Waals surface area contributed by atoms with E-state index in [1.165, 1.54) is 23.7 Å². The topological polar surface area (TPSA) is 51.0 Å². The van der Waals surface area contributed by atoms with E-state index in [1.54, 1.807) is 0 Å². The summed E-state index contributed by atoms with van der Waals surface area (Å²) in [5, 5.41) is 9.18. The molecule has 2 unspecified atom stereocenters. The van der Waals surface area contributed by atoms with Crippen molar-refractivity contribution in [1.29, 1.82) is 0 Å². The molecular weight excluding hydrogens is 344 g/mol. The first-order chi connectivity index (χ1) is 12.5. The van der Waals surface area contributed by atoms with Crippen molar-refractivity contribution in [1.82, 2.24) is 19.7 Å². The number of hydrogen-bond donors (Lipinski definition) is 0. The number of rotatable bonds is 5. The monoisotopic (exact) mass is 372 g/mol. The number of likely N-dealkylation sites (tertiary alicyclic amines) is 1. The fourth-order valence-electron chi connectivity index (χ4n) is 3.64. The van der Waals surface area contributed by atoms with Crippen LogP contribution in [-0.4, -0.2) is 43.4 Å². The second-order valence-electron chi connectivity index (χ2n) is 7.05. The number of piperidine rings is 1.